The van der Waals surface area contributed by atoms with Crippen molar-refractivity contribution < 1.29 is 18.0 Å². The lowest BCUT2D eigenvalue weighted by molar-refractivity contribution is -0.141. The Labute approximate surface area is 156 Å². The molecule has 10 heteroatoms. The zero-order chi connectivity index (χ0) is 19.6. The van der Waals surface area contributed by atoms with Gasteiger partial charge in [0.1, 0.15) is 5.69 Å². The lowest BCUT2D eigenvalue weighted by Gasteiger charge is -2.09. The summed E-state index contributed by atoms with van der Waals surface area (Å²) in [4.78, 5) is 23.5. The number of alkyl halides is 3. The molecule has 3 rings (SSSR count). The fourth-order valence-corrected chi connectivity index (χ4v) is 2.46. The zero-order valence-electron chi connectivity index (χ0n) is 13.5. The predicted octanol–water partition coefficient (Wildman–Crippen LogP) is 3.48. The molecule has 3 aromatic rings. The number of rotatable bonds is 3. The maximum absolute atomic E-state index is 12.7. The van der Waals surface area contributed by atoms with E-state index in [1.54, 1.807) is 24.3 Å². The van der Waals surface area contributed by atoms with Gasteiger partial charge in [0.15, 0.2) is 0 Å². The molecule has 0 saturated carbocycles. The van der Waals surface area contributed by atoms with Crippen LogP contribution in [-0.4, -0.2) is 20.9 Å². The highest BCUT2D eigenvalue weighted by Gasteiger charge is 2.32. The second kappa shape index (κ2) is 7.29. The molecule has 0 bridgehead atoms. The largest absolute Gasteiger partial charge is 0.433 e. The van der Waals surface area contributed by atoms with Crippen molar-refractivity contribution in [2.75, 3.05) is 0 Å². The molecule has 3 N–H and O–H groups in total. The van der Waals surface area contributed by atoms with E-state index in [2.05, 4.69) is 15.0 Å². The van der Waals surface area contributed by atoms with Gasteiger partial charge in [0.2, 0.25) is 5.82 Å². The summed E-state index contributed by atoms with van der Waals surface area (Å²) in [5, 5.41) is 0.452. The third kappa shape index (κ3) is 4.21. The molecule has 2 heterocycles. The van der Waals surface area contributed by atoms with Gasteiger partial charge < -0.3 is 0 Å². The summed E-state index contributed by atoms with van der Waals surface area (Å²) in [6, 6.07) is 10.3. The summed E-state index contributed by atoms with van der Waals surface area (Å²) in [5.74, 6) is 4.14. The van der Waals surface area contributed by atoms with Crippen LogP contribution in [0.4, 0.5) is 13.2 Å². The minimum absolute atomic E-state index is 0.208. The van der Waals surface area contributed by atoms with Gasteiger partial charge in [-0.05, 0) is 30.3 Å². The Balaban J connectivity index is 2.12. The maximum Gasteiger partial charge on any atom is 0.433 e. The number of benzene rings is 1. The Kier molecular flexibility index (Phi) is 5.06. The molecule has 27 heavy (non-hydrogen) atoms. The van der Waals surface area contributed by atoms with Crippen LogP contribution in [0.1, 0.15) is 16.3 Å². The van der Waals surface area contributed by atoms with E-state index in [0.29, 0.717) is 16.3 Å². The first-order valence-electron chi connectivity index (χ1n) is 7.47. The summed E-state index contributed by atoms with van der Waals surface area (Å²) >= 11 is 5.98. The van der Waals surface area contributed by atoms with Gasteiger partial charge in [-0.1, -0.05) is 23.7 Å². The monoisotopic (exact) mass is 393 g/mol. The van der Waals surface area contributed by atoms with Crippen molar-refractivity contribution in [3.05, 3.63) is 65.2 Å². The molecule has 6 nitrogen and oxygen atoms in total. The maximum atomic E-state index is 12.7. The molecule has 0 saturated heterocycles. The van der Waals surface area contributed by atoms with E-state index in [0.717, 1.165) is 12.3 Å². The number of carbonyl (C=O) groups is 1. The summed E-state index contributed by atoms with van der Waals surface area (Å²) < 4.78 is 38.1. The molecule has 0 radical (unpaired) electrons. The number of carbonyl (C=O) groups excluding carboxylic acids is 1. The van der Waals surface area contributed by atoms with Crippen LogP contribution in [0.5, 0.6) is 0 Å². The van der Waals surface area contributed by atoms with Gasteiger partial charge in [0.25, 0.3) is 0 Å². The zero-order valence-corrected chi connectivity index (χ0v) is 14.2. The van der Waals surface area contributed by atoms with Crippen LogP contribution in [0.25, 0.3) is 22.5 Å². The minimum Gasteiger partial charge on any atom is -0.287 e. The first-order chi connectivity index (χ1) is 12.8. The highest BCUT2D eigenvalue weighted by Crippen LogP contribution is 2.30. The number of nitrogens with one attached hydrogen (secondary N) is 1. The quantitative estimate of drug-likeness (QED) is 0.403. The van der Waals surface area contributed by atoms with E-state index in [1.165, 1.54) is 12.1 Å². The topological polar surface area (TPSA) is 93.8 Å². The second-order valence-corrected chi connectivity index (χ2v) is 5.81. The number of nitrogen functional groups attached to an aromatic ring is 1. The van der Waals surface area contributed by atoms with Crippen molar-refractivity contribution in [3.63, 3.8) is 0 Å². The fourth-order valence-electron chi connectivity index (χ4n) is 2.27. The molecular weight excluding hydrogens is 383 g/mol. The van der Waals surface area contributed by atoms with Crippen LogP contribution in [0.2, 0.25) is 5.02 Å². The molecule has 0 fully saturated rings. The highest BCUT2D eigenvalue weighted by atomic mass is 35.5. The molecule has 0 aliphatic carbocycles. The number of nitrogens with zero attached hydrogens (tertiary/aromatic N) is 3. The van der Waals surface area contributed by atoms with Gasteiger partial charge >= 0.3 is 12.1 Å². The number of pyridine rings is 1. The third-order valence-corrected chi connectivity index (χ3v) is 3.77. The number of hydrogen-bond acceptors (Lipinski definition) is 5. The standard InChI is InChI=1S/C17H11ClF3N5O/c18-11-3-1-2-9(6-11)12-7-13(25-15(24-12)16(27)26-22)10-4-5-14(23-8-10)17(19,20)21/h1-8H,22H2,(H,26,27). The lowest BCUT2D eigenvalue weighted by Crippen LogP contribution is -2.31. The summed E-state index contributed by atoms with van der Waals surface area (Å²) in [6.45, 7) is 0. The predicted molar refractivity (Wildman–Crippen MR) is 92.4 cm³/mol. The van der Waals surface area contributed by atoms with Gasteiger partial charge in [-0.25, -0.2) is 15.8 Å². The van der Waals surface area contributed by atoms with E-state index >= 15 is 0 Å². The van der Waals surface area contributed by atoms with Crippen molar-refractivity contribution in [2.24, 2.45) is 5.84 Å². The van der Waals surface area contributed by atoms with Crippen molar-refractivity contribution in [2.45, 2.75) is 6.18 Å². The van der Waals surface area contributed by atoms with Gasteiger partial charge in [0, 0.05) is 22.3 Å². The lowest BCUT2D eigenvalue weighted by atomic mass is 10.1. The SMILES string of the molecule is NNC(=O)c1nc(-c2ccc(C(F)(F)F)nc2)cc(-c2cccc(Cl)c2)n1. The molecule has 0 aliphatic heterocycles. The van der Waals surface area contributed by atoms with Crippen LogP contribution in [-0.2, 0) is 6.18 Å². The van der Waals surface area contributed by atoms with Gasteiger partial charge in [-0.15, -0.1) is 0 Å². The number of nitrogens with two attached hydrogens (primary N) is 1. The average Bonchev–Trinajstić information content (AvgIpc) is 2.66. The van der Waals surface area contributed by atoms with Crippen LogP contribution in [0.3, 0.4) is 0 Å². The van der Waals surface area contributed by atoms with Gasteiger partial charge in [0.05, 0.1) is 11.4 Å². The van der Waals surface area contributed by atoms with E-state index in [-0.39, 0.29) is 17.1 Å². The fraction of sp³-hybridized carbons (Fsp3) is 0.0588. The summed E-state index contributed by atoms with van der Waals surface area (Å²) in [6.07, 6.45) is -3.53. The first-order valence-corrected chi connectivity index (χ1v) is 7.85. The van der Waals surface area contributed by atoms with Crippen LogP contribution < -0.4 is 11.3 Å². The normalized spacial score (nSPS) is 11.3. The summed E-state index contributed by atoms with van der Waals surface area (Å²) in [5.41, 5.74) is 2.32. The van der Waals surface area contributed by atoms with Crippen LogP contribution >= 0.6 is 11.6 Å². The molecular formula is C17H11ClF3N5O. The Morgan fingerprint density at radius 1 is 1.04 bits per heavy atom. The molecule has 2 aromatic heterocycles. The first kappa shape index (κ1) is 18.7. The molecule has 138 valence electrons. The molecule has 0 unspecified atom stereocenters. The third-order valence-electron chi connectivity index (χ3n) is 3.53. The Hall–Kier alpha value is -3.04. The van der Waals surface area contributed by atoms with E-state index in [9.17, 15) is 18.0 Å². The number of hydrogen-bond donors (Lipinski definition) is 2. The molecule has 0 spiro atoms. The van der Waals surface area contributed by atoms with Gasteiger partial charge in [-0.2, -0.15) is 13.2 Å². The van der Waals surface area contributed by atoms with E-state index in [4.69, 9.17) is 17.4 Å². The second-order valence-electron chi connectivity index (χ2n) is 5.38. The number of aromatic nitrogens is 3. The average molecular weight is 394 g/mol. The minimum atomic E-state index is -4.55. The van der Waals surface area contributed by atoms with Crippen LogP contribution in [0, 0.1) is 0 Å². The number of amides is 1. The Morgan fingerprint density at radius 3 is 2.30 bits per heavy atom. The summed E-state index contributed by atoms with van der Waals surface area (Å²) in [7, 11) is 0. The van der Waals surface area contributed by atoms with Crippen LogP contribution in [0.15, 0.2) is 48.7 Å². The van der Waals surface area contributed by atoms with Crippen molar-refractivity contribution >= 4 is 17.5 Å². The van der Waals surface area contributed by atoms with Gasteiger partial charge in [-0.3, -0.25) is 15.2 Å². The molecule has 0 atom stereocenters. The van der Waals surface area contributed by atoms with E-state index < -0.39 is 17.8 Å². The molecule has 0 aliphatic rings. The van der Waals surface area contributed by atoms with Crippen molar-refractivity contribution in [1.82, 2.24) is 20.4 Å². The Morgan fingerprint density at radius 2 is 1.74 bits per heavy atom. The van der Waals surface area contributed by atoms with E-state index in [1.807, 2.05) is 5.43 Å². The number of hydrazine groups is 1. The molecule has 1 aromatic carbocycles. The number of halogens is 4. The van der Waals surface area contributed by atoms with Crippen molar-refractivity contribution in [3.8, 4) is 22.5 Å². The Bertz CT molecular complexity index is 993. The molecule has 1 amide bonds. The van der Waals surface area contributed by atoms with Crippen molar-refractivity contribution in [1.29, 1.82) is 0 Å². The smallest absolute Gasteiger partial charge is 0.287 e. The highest BCUT2D eigenvalue weighted by molar-refractivity contribution is 6.30.